The van der Waals surface area contributed by atoms with Gasteiger partial charge in [0.1, 0.15) is 0 Å². The van der Waals surface area contributed by atoms with Gasteiger partial charge in [-0.05, 0) is 48.5 Å². The Balaban J connectivity index is 2.09. The molecule has 0 amide bonds. The Hall–Kier alpha value is -1.11. The van der Waals surface area contributed by atoms with E-state index in [1.807, 2.05) is 12.2 Å². The van der Waals surface area contributed by atoms with Crippen molar-refractivity contribution >= 4 is 5.78 Å². The lowest BCUT2D eigenvalue weighted by Gasteiger charge is -2.33. The summed E-state index contributed by atoms with van der Waals surface area (Å²) in [5.41, 5.74) is 0.153. The molecule has 0 N–H and O–H groups in total. The maximum Gasteiger partial charge on any atom is 0.155 e. The van der Waals surface area contributed by atoms with Crippen LogP contribution in [0.4, 0.5) is 0 Å². The summed E-state index contributed by atoms with van der Waals surface area (Å²) in [5.74, 6) is 1.92. The van der Waals surface area contributed by atoms with Crippen molar-refractivity contribution in [3.8, 4) is 0 Å². The Bertz CT molecular complexity index is 372. The minimum atomic E-state index is 0.153. The predicted octanol–water partition coefficient (Wildman–Crippen LogP) is 4.32. The number of carbonyl (C=O) groups excluding carboxylic acids is 1. The molecule has 0 heterocycles. The van der Waals surface area contributed by atoms with Crippen molar-refractivity contribution in [2.75, 3.05) is 0 Å². The van der Waals surface area contributed by atoms with Crippen LogP contribution in [0, 0.1) is 23.2 Å². The van der Waals surface area contributed by atoms with E-state index in [0.29, 0.717) is 24.2 Å². The summed E-state index contributed by atoms with van der Waals surface area (Å²) < 4.78 is 0. The van der Waals surface area contributed by atoms with Gasteiger partial charge in [0.05, 0.1) is 0 Å². The Kier molecular flexibility index (Phi) is 3.89. The topological polar surface area (TPSA) is 17.1 Å². The molecule has 0 radical (unpaired) electrons. The average Bonchev–Trinajstić information content (AvgIpc) is 2.82. The normalized spacial score (nSPS) is 33.7. The molecule has 98 valence electrons. The van der Waals surface area contributed by atoms with Crippen molar-refractivity contribution < 1.29 is 4.79 Å². The quantitative estimate of drug-likeness (QED) is 0.502. The van der Waals surface area contributed by atoms with Gasteiger partial charge in [0.25, 0.3) is 0 Å². The highest BCUT2D eigenvalue weighted by Crippen LogP contribution is 2.58. The van der Waals surface area contributed by atoms with E-state index < -0.39 is 0 Å². The van der Waals surface area contributed by atoms with Gasteiger partial charge in [-0.2, -0.15) is 0 Å². The van der Waals surface area contributed by atoms with E-state index in [1.54, 1.807) is 6.08 Å². The molecule has 3 atom stereocenters. The highest BCUT2D eigenvalue weighted by atomic mass is 16.1. The van der Waals surface area contributed by atoms with Crippen molar-refractivity contribution in [2.24, 2.45) is 23.2 Å². The van der Waals surface area contributed by atoms with E-state index in [2.05, 4.69) is 32.6 Å². The van der Waals surface area contributed by atoms with Gasteiger partial charge in [0.2, 0.25) is 0 Å². The molecule has 1 nitrogen and oxygen atoms in total. The van der Waals surface area contributed by atoms with Gasteiger partial charge in [-0.1, -0.05) is 38.2 Å². The van der Waals surface area contributed by atoms with E-state index in [0.717, 1.165) is 6.42 Å². The van der Waals surface area contributed by atoms with Gasteiger partial charge in [-0.3, -0.25) is 4.79 Å². The molecule has 1 saturated carbocycles. The third kappa shape index (κ3) is 2.36. The summed E-state index contributed by atoms with van der Waals surface area (Å²) in [7, 11) is 0. The molecule has 2 rings (SSSR count). The van der Waals surface area contributed by atoms with Crippen LogP contribution < -0.4 is 0 Å². The molecule has 1 heteroatoms. The van der Waals surface area contributed by atoms with Gasteiger partial charge in [-0.15, -0.1) is 6.58 Å². The van der Waals surface area contributed by atoms with Gasteiger partial charge in [-0.25, -0.2) is 0 Å². The number of allylic oxidation sites excluding steroid dienone is 5. The smallest absolute Gasteiger partial charge is 0.155 e. The minimum Gasteiger partial charge on any atom is -0.295 e. The number of fused-ring (bicyclic) bond motifs is 2. The molecule has 0 spiro atoms. The van der Waals surface area contributed by atoms with Crippen molar-refractivity contribution in [3.05, 3.63) is 37.0 Å². The van der Waals surface area contributed by atoms with Gasteiger partial charge in [0.15, 0.2) is 5.78 Å². The predicted molar refractivity (Wildman–Crippen MR) is 76.2 cm³/mol. The fourth-order valence-corrected chi connectivity index (χ4v) is 3.64. The second kappa shape index (κ2) is 5.26. The van der Waals surface area contributed by atoms with Crippen LogP contribution in [0.1, 0.15) is 39.5 Å². The lowest BCUT2D eigenvalue weighted by molar-refractivity contribution is -0.117. The molecule has 0 aromatic heterocycles. The van der Waals surface area contributed by atoms with Crippen molar-refractivity contribution in [2.45, 2.75) is 39.5 Å². The van der Waals surface area contributed by atoms with Gasteiger partial charge < -0.3 is 0 Å². The Morgan fingerprint density at radius 3 is 2.44 bits per heavy atom. The van der Waals surface area contributed by atoms with Crippen LogP contribution >= 0.6 is 0 Å². The van der Waals surface area contributed by atoms with Crippen molar-refractivity contribution in [1.29, 1.82) is 0 Å². The molecule has 2 aliphatic rings. The number of hydrogen-bond acceptors (Lipinski definition) is 1. The molecule has 1 fully saturated rings. The van der Waals surface area contributed by atoms with Crippen LogP contribution in [0.3, 0.4) is 0 Å². The lowest BCUT2D eigenvalue weighted by atomic mass is 9.70. The summed E-state index contributed by atoms with van der Waals surface area (Å²) in [6.45, 7) is 8.09. The van der Waals surface area contributed by atoms with Crippen molar-refractivity contribution in [3.63, 3.8) is 0 Å². The maximum absolute atomic E-state index is 12.2. The zero-order valence-corrected chi connectivity index (χ0v) is 11.6. The fourth-order valence-electron chi connectivity index (χ4n) is 3.64. The largest absolute Gasteiger partial charge is 0.295 e. The number of carbonyl (C=O) groups is 1. The summed E-state index contributed by atoms with van der Waals surface area (Å²) >= 11 is 0. The number of ketones is 1. The second-order valence-corrected chi connectivity index (χ2v) is 6.15. The van der Waals surface area contributed by atoms with Gasteiger partial charge >= 0.3 is 0 Å². The first kappa shape index (κ1) is 13.3. The van der Waals surface area contributed by atoms with E-state index in [4.69, 9.17) is 0 Å². The summed E-state index contributed by atoms with van der Waals surface area (Å²) in [6, 6.07) is 0. The second-order valence-electron chi connectivity index (χ2n) is 6.15. The van der Waals surface area contributed by atoms with Crippen molar-refractivity contribution in [1.82, 2.24) is 0 Å². The molecule has 0 aromatic carbocycles. The van der Waals surface area contributed by atoms with Gasteiger partial charge in [0, 0.05) is 6.42 Å². The molecule has 0 saturated heterocycles. The molecular weight excluding hydrogens is 220 g/mol. The summed E-state index contributed by atoms with van der Waals surface area (Å²) in [6.07, 6.45) is 14.6. The monoisotopic (exact) mass is 244 g/mol. The van der Waals surface area contributed by atoms with Crippen LogP contribution in [-0.2, 0) is 4.79 Å². The number of rotatable bonds is 6. The van der Waals surface area contributed by atoms with E-state index >= 15 is 0 Å². The molecule has 1 unspecified atom stereocenters. The van der Waals surface area contributed by atoms with E-state index in [9.17, 15) is 4.79 Å². The van der Waals surface area contributed by atoms with Crippen LogP contribution in [0.15, 0.2) is 37.0 Å². The highest BCUT2D eigenvalue weighted by molar-refractivity contribution is 5.90. The zero-order chi connectivity index (χ0) is 13.2. The SMILES string of the molecule is C=CCC1(CC(=O)/C=C/C(C)C)[C@@H]2C=C[C@H]1CC2. The highest BCUT2D eigenvalue weighted by Gasteiger charge is 2.50. The lowest BCUT2D eigenvalue weighted by Crippen LogP contribution is -2.29. The van der Waals surface area contributed by atoms with E-state index in [1.165, 1.54) is 12.8 Å². The van der Waals surface area contributed by atoms with E-state index in [-0.39, 0.29) is 11.2 Å². The Labute approximate surface area is 111 Å². The Morgan fingerprint density at radius 1 is 1.39 bits per heavy atom. The first-order valence-electron chi connectivity index (χ1n) is 7.09. The molecular formula is C17H24O. The first-order valence-corrected chi connectivity index (χ1v) is 7.09. The molecule has 0 aromatic rings. The first-order chi connectivity index (χ1) is 8.58. The standard InChI is InChI=1S/C17H24O/c1-4-11-17(12-16(18)10-5-13(2)3)14-6-7-15(17)9-8-14/h4-7,10,13-15H,1,8-9,11-12H2,2-3H3/b10-5+/t14-,15+,17?. The molecule has 2 bridgehead atoms. The summed E-state index contributed by atoms with van der Waals surface area (Å²) in [4.78, 5) is 12.2. The van der Waals surface area contributed by atoms with Crippen LogP contribution in [0.25, 0.3) is 0 Å². The fraction of sp³-hybridized carbons (Fsp3) is 0.588. The molecule has 18 heavy (non-hydrogen) atoms. The molecule has 2 aliphatic carbocycles. The van der Waals surface area contributed by atoms with Crippen LogP contribution in [0.5, 0.6) is 0 Å². The Morgan fingerprint density at radius 2 is 2.00 bits per heavy atom. The minimum absolute atomic E-state index is 0.153. The third-order valence-corrected chi connectivity index (χ3v) is 4.54. The van der Waals surface area contributed by atoms with Crippen LogP contribution in [-0.4, -0.2) is 5.78 Å². The maximum atomic E-state index is 12.2. The summed E-state index contributed by atoms with van der Waals surface area (Å²) in [5, 5.41) is 0. The number of hydrogen-bond donors (Lipinski definition) is 0. The van der Waals surface area contributed by atoms with Crippen LogP contribution in [0.2, 0.25) is 0 Å². The zero-order valence-electron chi connectivity index (χ0n) is 11.6. The third-order valence-electron chi connectivity index (χ3n) is 4.54. The average molecular weight is 244 g/mol. The molecule has 0 aliphatic heterocycles.